The number of benzene rings is 1. The van der Waals surface area contributed by atoms with E-state index in [1.165, 1.54) is 0 Å². The summed E-state index contributed by atoms with van der Waals surface area (Å²) in [5, 5.41) is 3.09. The topological polar surface area (TPSA) is 56.1 Å². The lowest BCUT2D eigenvalue weighted by molar-refractivity contribution is -0.134. The standard InChI is InChI=1S/C19H27N3O2/c1-3-17-14(8-7-13-24-17)19(23)20-12-11-18-21-15-9-5-6-10-16(15)22(18)4-2/h5-6,9-10,14,17H,3-4,7-8,11-13H2,1-2H3,(H,20,23)/t14-,17+/m0/s1. The van der Waals surface area contributed by atoms with Gasteiger partial charge < -0.3 is 14.6 Å². The third kappa shape index (κ3) is 3.46. The second-order valence-electron chi connectivity index (χ2n) is 6.37. The van der Waals surface area contributed by atoms with Gasteiger partial charge in [-0.05, 0) is 38.3 Å². The van der Waals surface area contributed by atoms with Crippen LogP contribution in [-0.2, 0) is 22.5 Å². The highest BCUT2D eigenvalue weighted by Gasteiger charge is 2.30. The van der Waals surface area contributed by atoms with Crippen LogP contribution in [-0.4, -0.2) is 34.7 Å². The van der Waals surface area contributed by atoms with Crippen LogP contribution >= 0.6 is 0 Å². The number of aryl methyl sites for hydroxylation is 1. The number of nitrogens with zero attached hydrogens (tertiary/aromatic N) is 2. The SMILES string of the molecule is CC[C@H]1OCCC[C@@H]1C(=O)NCCc1nc2ccccc2n1CC. The van der Waals surface area contributed by atoms with E-state index in [1.807, 2.05) is 18.2 Å². The van der Waals surface area contributed by atoms with Crippen molar-refractivity contribution in [3.8, 4) is 0 Å². The Morgan fingerprint density at radius 3 is 3.00 bits per heavy atom. The molecule has 24 heavy (non-hydrogen) atoms. The van der Waals surface area contributed by atoms with Gasteiger partial charge in [-0.2, -0.15) is 0 Å². The number of amides is 1. The number of aromatic nitrogens is 2. The largest absolute Gasteiger partial charge is 0.377 e. The maximum Gasteiger partial charge on any atom is 0.225 e. The fourth-order valence-corrected chi connectivity index (χ4v) is 3.64. The zero-order chi connectivity index (χ0) is 16.9. The molecule has 5 heteroatoms. The molecule has 2 heterocycles. The number of nitrogens with one attached hydrogen (secondary N) is 1. The molecule has 0 spiro atoms. The molecule has 3 rings (SSSR count). The van der Waals surface area contributed by atoms with Gasteiger partial charge >= 0.3 is 0 Å². The summed E-state index contributed by atoms with van der Waals surface area (Å²) in [6, 6.07) is 8.18. The van der Waals surface area contributed by atoms with E-state index in [2.05, 4.69) is 29.8 Å². The first-order valence-electron chi connectivity index (χ1n) is 9.08. The normalized spacial score (nSPS) is 21.1. The summed E-state index contributed by atoms with van der Waals surface area (Å²) < 4.78 is 7.95. The Morgan fingerprint density at radius 1 is 1.38 bits per heavy atom. The summed E-state index contributed by atoms with van der Waals surface area (Å²) in [7, 11) is 0. The molecule has 1 fully saturated rings. The second-order valence-corrected chi connectivity index (χ2v) is 6.37. The average Bonchev–Trinajstić information content (AvgIpc) is 2.98. The zero-order valence-electron chi connectivity index (χ0n) is 14.6. The molecule has 0 saturated carbocycles. The molecular formula is C19H27N3O2. The molecule has 0 radical (unpaired) electrons. The van der Waals surface area contributed by atoms with E-state index in [-0.39, 0.29) is 17.9 Å². The summed E-state index contributed by atoms with van der Waals surface area (Å²) in [4.78, 5) is 17.2. The van der Waals surface area contributed by atoms with E-state index < -0.39 is 0 Å². The van der Waals surface area contributed by atoms with Gasteiger partial charge in [0.25, 0.3) is 0 Å². The van der Waals surface area contributed by atoms with Crippen molar-refractivity contribution in [1.82, 2.24) is 14.9 Å². The van der Waals surface area contributed by atoms with Crippen molar-refractivity contribution in [3.63, 3.8) is 0 Å². The maximum absolute atomic E-state index is 12.5. The summed E-state index contributed by atoms with van der Waals surface area (Å²) in [5.41, 5.74) is 2.18. The molecule has 1 N–H and O–H groups in total. The number of fused-ring (bicyclic) bond motifs is 1. The Hall–Kier alpha value is -1.88. The van der Waals surface area contributed by atoms with Crippen LogP contribution in [0.5, 0.6) is 0 Å². The van der Waals surface area contributed by atoms with Crippen molar-refractivity contribution < 1.29 is 9.53 Å². The summed E-state index contributed by atoms with van der Waals surface area (Å²) in [5.74, 6) is 1.15. The predicted octanol–water partition coefficient (Wildman–Crippen LogP) is 2.92. The van der Waals surface area contributed by atoms with Crippen molar-refractivity contribution in [3.05, 3.63) is 30.1 Å². The van der Waals surface area contributed by atoms with Gasteiger partial charge in [0, 0.05) is 26.1 Å². The molecule has 0 aliphatic carbocycles. The first kappa shape index (κ1) is 17.0. The molecule has 1 aliphatic rings. The molecule has 0 unspecified atom stereocenters. The molecule has 1 amide bonds. The molecule has 130 valence electrons. The number of ether oxygens (including phenoxy) is 1. The maximum atomic E-state index is 12.5. The fourth-order valence-electron chi connectivity index (χ4n) is 3.64. The lowest BCUT2D eigenvalue weighted by Gasteiger charge is -2.30. The lowest BCUT2D eigenvalue weighted by Crippen LogP contribution is -2.42. The minimum absolute atomic E-state index is 0.00579. The van der Waals surface area contributed by atoms with Gasteiger partial charge in [-0.25, -0.2) is 4.98 Å². The van der Waals surface area contributed by atoms with Gasteiger partial charge in [-0.15, -0.1) is 0 Å². The quantitative estimate of drug-likeness (QED) is 0.886. The van der Waals surface area contributed by atoms with Gasteiger partial charge in [-0.1, -0.05) is 19.1 Å². The van der Waals surface area contributed by atoms with Gasteiger partial charge in [0.15, 0.2) is 0 Å². The number of hydrogen-bond acceptors (Lipinski definition) is 3. The van der Waals surface area contributed by atoms with Crippen LogP contribution in [0.15, 0.2) is 24.3 Å². The number of para-hydroxylation sites is 2. The molecule has 2 aromatic rings. The molecule has 5 nitrogen and oxygen atoms in total. The van der Waals surface area contributed by atoms with E-state index in [9.17, 15) is 4.79 Å². The van der Waals surface area contributed by atoms with Crippen LogP contribution in [0.3, 0.4) is 0 Å². The Bertz CT molecular complexity index is 695. The van der Waals surface area contributed by atoms with Gasteiger partial charge in [0.05, 0.1) is 23.1 Å². The Morgan fingerprint density at radius 2 is 2.21 bits per heavy atom. The lowest BCUT2D eigenvalue weighted by atomic mass is 9.92. The van der Waals surface area contributed by atoms with E-state index in [1.54, 1.807) is 0 Å². The van der Waals surface area contributed by atoms with Crippen LogP contribution in [0.2, 0.25) is 0 Å². The highest BCUT2D eigenvalue weighted by Crippen LogP contribution is 2.23. The summed E-state index contributed by atoms with van der Waals surface area (Å²) >= 11 is 0. The number of rotatable bonds is 6. The zero-order valence-corrected chi connectivity index (χ0v) is 14.6. The van der Waals surface area contributed by atoms with Gasteiger partial charge in [0.1, 0.15) is 5.82 Å². The third-order valence-corrected chi connectivity index (χ3v) is 4.88. The molecular weight excluding hydrogens is 302 g/mol. The first-order chi connectivity index (χ1) is 11.7. The number of carbonyl (C=O) groups excluding carboxylic acids is 1. The van der Waals surface area contributed by atoms with E-state index >= 15 is 0 Å². The fraction of sp³-hybridized carbons (Fsp3) is 0.579. The van der Waals surface area contributed by atoms with Gasteiger partial charge in [0.2, 0.25) is 5.91 Å². The van der Waals surface area contributed by atoms with E-state index in [4.69, 9.17) is 9.72 Å². The summed E-state index contributed by atoms with van der Waals surface area (Å²) in [6.45, 7) is 6.50. The minimum Gasteiger partial charge on any atom is -0.377 e. The third-order valence-electron chi connectivity index (χ3n) is 4.88. The molecule has 1 aliphatic heterocycles. The molecule has 1 aromatic carbocycles. The van der Waals surface area contributed by atoms with Crippen molar-refractivity contribution >= 4 is 16.9 Å². The monoisotopic (exact) mass is 329 g/mol. The highest BCUT2D eigenvalue weighted by molar-refractivity contribution is 5.79. The van der Waals surface area contributed by atoms with Crippen molar-refractivity contribution in [2.75, 3.05) is 13.2 Å². The van der Waals surface area contributed by atoms with Crippen molar-refractivity contribution in [2.24, 2.45) is 5.92 Å². The van der Waals surface area contributed by atoms with Crippen LogP contribution in [0, 0.1) is 5.92 Å². The number of carbonyl (C=O) groups is 1. The molecule has 1 saturated heterocycles. The smallest absolute Gasteiger partial charge is 0.225 e. The van der Waals surface area contributed by atoms with Crippen LogP contribution < -0.4 is 5.32 Å². The van der Waals surface area contributed by atoms with Crippen molar-refractivity contribution in [1.29, 1.82) is 0 Å². The molecule has 2 atom stereocenters. The highest BCUT2D eigenvalue weighted by atomic mass is 16.5. The van der Waals surface area contributed by atoms with Crippen LogP contribution in [0.25, 0.3) is 11.0 Å². The number of imidazole rings is 1. The number of hydrogen-bond donors (Lipinski definition) is 1. The predicted molar refractivity (Wildman–Crippen MR) is 94.9 cm³/mol. The van der Waals surface area contributed by atoms with Crippen molar-refractivity contribution in [2.45, 2.75) is 52.2 Å². The van der Waals surface area contributed by atoms with E-state index in [0.717, 1.165) is 55.7 Å². The van der Waals surface area contributed by atoms with Gasteiger partial charge in [-0.3, -0.25) is 4.79 Å². The second kappa shape index (κ2) is 7.79. The minimum atomic E-state index is -0.00579. The van der Waals surface area contributed by atoms with Crippen LogP contribution in [0.1, 0.15) is 38.9 Å². The molecule has 1 aromatic heterocycles. The summed E-state index contributed by atoms with van der Waals surface area (Å²) in [6.07, 6.45) is 3.61. The van der Waals surface area contributed by atoms with E-state index in [0.29, 0.717) is 6.54 Å². The Kier molecular flexibility index (Phi) is 5.51. The Balaban J connectivity index is 1.61. The van der Waals surface area contributed by atoms with Crippen LogP contribution in [0.4, 0.5) is 0 Å². The Labute approximate surface area is 143 Å². The molecule has 0 bridgehead atoms. The first-order valence-corrected chi connectivity index (χ1v) is 9.08. The average molecular weight is 329 g/mol.